The second-order valence-corrected chi connectivity index (χ2v) is 5.51. The number of imidazole rings is 1. The van der Waals surface area contributed by atoms with Gasteiger partial charge in [-0.15, -0.1) is 0 Å². The average molecular weight is 265 g/mol. The molecule has 0 radical (unpaired) electrons. The minimum atomic E-state index is 0.532. The molecule has 0 unspecified atom stereocenters. The number of aromatic nitrogens is 2. The molecule has 3 nitrogen and oxygen atoms in total. The van der Waals surface area contributed by atoms with Gasteiger partial charge in [0.15, 0.2) is 0 Å². The Morgan fingerprint density at radius 3 is 2.40 bits per heavy atom. The normalized spacial score (nSPS) is 11.4. The molecule has 20 heavy (non-hydrogen) atoms. The van der Waals surface area contributed by atoms with Crippen LogP contribution in [-0.2, 0) is 0 Å². The van der Waals surface area contributed by atoms with Crippen LogP contribution in [-0.4, -0.2) is 9.38 Å². The predicted molar refractivity (Wildman–Crippen MR) is 83.9 cm³/mol. The molecule has 2 N–H and O–H groups in total. The summed E-state index contributed by atoms with van der Waals surface area (Å²) >= 11 is 0. The van der Waals surface area contributed by atoms with Gasteiger partial charge >= 0.3 is 0 Å². The van der Waals surface area contributed by atoms with Crippen LogP contribution in [0.25, 0.3) is 16.9 Å². The highest BCUT2D eigenvalue weighted by atomic mass is 15.1. The molecule has 0 amide bonds. The Bertz CT molecular complexity index is 752. The van der Waals surface area contributed by atoms with Crippen molar-refractivity contribution in [1.82, 2.24) is 9.38 Å². The van der Waals surface area contributed by atoms with Crippen LogP contribution in [0.5, 0.6) is 0 Å². The van der Waals surface area contributed by atoms with Crippen molar-refractivity contribution < 1.29 is 0 Å². The quantitative estimate of drug-likeness (QED) is 0.760. The molecule has 0 aliphatic heterocycles. The molecule has 2 aromatic heterocycles. The Morgan fingerprint density at radius 2 is 1.80 bits per heavy atom. The summed E-state index contributed by atoms with van der Waals surface area (Å²) in [5, 5.41) is 0. The third-order valence-corrected chi connectivity index (χ3v) is 3.73. The molecule has 0 atom stereocenters. The number of benzene rings is 1. The fourth-order valence-corrected chi connectivity index (χ4v) is 2.46. The molecule has 3 aromatic rings. The van der Waals surface area contributed by atoms with Crippen molar-refractivity contribution >= 4 is 11.5 Å². The monoisotopic (exact) mass is 265 g/mol. The predicted octanol–water partition coefficient (Wildman–Crippen LogP) is 4.02. The summed E-state index contributed by atoms with van der Waals surface area (Å²) in [5.41, 5.74) is 11.5. The molecule has 0 fully saturated rings. The molecular weight excluding hydrogens is 246 g/mol. The van der Waals surface area contributed by atoms with E-state index in [-0.39, 0.29) is 0 Å². The first-order valence-corrected chi connectivity index (χ1v) is 6.91. The molecule has 0 saturated heterocycles. The Hall–Kier alpha value is -2.29. The van der Waals surface area contributed by atoms with Crippen molar-refractivity contribution in [2.45, 2.75) is 26.7 Å². The van der Waals surface area contributed by atoms with Crippen LogP contribution in [0.1, 0.15) is 30.9 Å². The van der Waals surface area contributed by atoms with Gasteiger partial charge in [0.05, 0.1) is 0 Å². The number of fused-ring (bicyclic) bond motifs is 1. The van der Waals surface area contributed by atoms with E-state index in [0.717, 1.165) is 22.5 Å². The molecule has 0 spiro atoms. The first kappa shape index (κ1) is 12.7. The molecule has 102 valence electrons. The second-order valence-electron chi connectivity index (χ2n) is 5.51. The van der Waals surface area contributed by atoms with Crippen molar-refractivity contribution in [3.8, 4) is 11.3 Å². The number of hydrogen-bond acceptors (Lipinski definition) is 2. The molecule has 0 aliphatic rings. The topological polar surface area (TPSA) is 43.3 Å². The second kappa shape index (κ2) is 4.67. The maximum atomic E-state index is 6.24. The van der Waals surface area contributed by atoms with E-state index in [2.05, 4.69) is 38.1 Å². The maximum absolute atomic E-state index is 6.24. The number of rotatable bonds is 2. The Labute approximate surface area is 119 Å². The number of nitrogen functional groups attached to an aromatic ring is 1. The van der Waals surface area contributed by atoms with Gasteiger partial charge in [0.25, 0.3) is 0 Å². The Kier molecular flexibility index (Phi) is 2.97. The molecule has 0 saturated carbocycles. The van der Waals surface area contributed by atoms with Gasteiger partial charge in [0.2, 0.25) is 0 Å². The fraction of sp³-hybridized carbons (Fsp3) is 0.235. The highest BCUT2D eigenvalue weighted by Gasteiger charge is 2.12. The van der Waals surface area contributed by atoms with E-state index in [0.29, 0.717) is 11.7 Å². The van der Waals surface area contributed by atoms with Gasteiger partial charge < -0.3 is 5.73 Å². The first-order chi connectivity index (χ1) is 9.58. The molecule has 3 rings (SSSR count). The van der Waals surface area contributed by atoms with Crippen molar-refractivity contribution in [3.63, 3.8) is 0 Å². The lowest BCUT2D eigenvalue weighted by Gasteiger charge is -2.06. The molecule has 3 heteroatoms. The summed E-state index contributed by atoms with van der Waals surface area (Å²) in [4.78, 5) is 4.69. The first-order valence-electron chi connectivity index (χ1n) is 6.91. The van der Waals surface area contributed by atoms with Crippen LogP contribution < -0.4 is 5.73 Å². The molecular formula is C17H19N3. The Balaban J connectivity index is 2.14. The zero-order chi connectivity index (χ0) is 14.3. The number of aryl methyl sites for hydroxylation is 1. The highest BCUT2D eigenvalue weighted by molar-refractivity contribution is 5.76. The van der Waals surface area contributed by atoms with E-state index >= 15 is 0 Å². The standard InChI is InChI=1S/C17H19N3/c1-11(2)13-6-8-14(9-7-13)15-16(18)20-10-4-5-12(3)17(20)19-15/h4-11H,18H2,1-3H3. The lowest BCUT2D eigenvalue weighted by atomic mass is 10.0. The van der Waals surface area contributed by atoms with Crippen molar-refractivity contribution in [3.05, 3.63) is 53.7 Å². The SMILES string of the molecule is Cc1cccn2c(N)c(-c3ccc(C(C)C)cc3)nc12. The van der Waals surface area contributed by atoms with Gasteiger partial charge in [0, 0.05) is 11.8 Å². The lowest BCUT2D eigenvalue weighted by molar-refractivity contribution is 0.867. The number of anilines is 1. The lowest BCUT2D eigenvalue weighted by Crippen LogP contribution is -1.94. The molecule has 0 bridgehead atoms. The van der Waals surface area contributed by atoms with Crippen LogP contribution in [0.2, 0.25) is 0 Å². The van der Waals surface area contributed by atoms with Gasteiger partial charge in [-0.3, -0.25) is 4.40 Å². The maximum Gasteiger partial charge on any atom is 0.142 e. The zero-order valence-corrected chi connectivity index (χ0v) is 12.1. The van der Waals surface area contributed by atoms with Crippen LogP contribution in [0.3, 0.4) is 0 Å². The zero-order valence-electron chi connectivity index (χ0n) is 12.1. The summed E-state index contributed by atoms with van der Waals surface area (Å²) in [6.07, 6.45) is 1.96. The van der Waals surface area contributed by atoms with E-state index in [1.54, 1.807) is 0 Å². The minimum absolute atomic E-state index is 0.532. The van der Waals surface area contributed by atoms with Crippen LogP contribution in [0.4, 0.5) is 5.82 Å². The van der Waals surface area contributed by atoms with E-state index in [1.165, 1.54) is 5.56 Å². The Morgan fingerprint density at radius 1 is 1.10 bits per heavy atom. The van der Waals surface area contributed by atoms with Gasteiger partial charge in [0.1, 0.15) is 17.2 Å². The summed E-state index contributed by atoms with van der Waals surface area (Å²) in [6.45, 7) is 6.43. The summed E-state index contributed by atoms with van der Waals surface area (Å²) in [7, 11) is 0. The van der Waals surface area contributed by atoms with Gasteiger partial charge in [-0.05, 0) is 30.0 Å². The van der Waals surface area contributed by atoms with Gasteiger partial charge in [-0.25, -0.2) is 4.98 Å². The highest BCUT2D eigenvalue weighted by Crippen LogP contribution is 2.28. The van der Waals surface area contributed by atoms with Crippen molar-refractivity contribution in [2.24, 2.45) is 0 Å². The van der Waals surface area contributed by atoms with E-state index in [9.17, 15) is 0 Å². The van der Waals surface area contributed by atoms with Crippen molar-refractivity contribution in [1.29, 1.82) is 0 Å². The molecule has 0 aliphatic carbocycles. The van der Waals surface area contributed by atoms with E-state index in [4.69, 9.17) is 10.7 Å². The minimum Gasteiger partial charge on any atom is -0.383 e. The summed E-state index contributed by atoms with van der Waals surface area (Å²) < 4.78 is 1.95. The van der Waals surface area contributed by atoms with Crippen LogP contribution in [0, 0.1) is 6.92 Å². The average Bonchev–Trinajstić information content (AvgIpc) is 2.78. The van der Waals surface area contributed by atoms with Crippen molar-refractivity contribution in [2.75, 3.05) is 5.73 Å². The van der Waals surface area contributed by atoms with Gasteiger partial charge in [-0.2, -0.15) is 0 Å². The van der Waals surface area contributed by atoms with Gasteiger partial charge in [-0.1, -0.05) is 44.2 Å². The summed E-state index contributed by atoms with van der Waals surface area (Å²) in [6, 6.07) is 12.5. The van der Waals surface area contributed by atoms with E-state index < -0.39 is 0 Å². The number of nitrogens with two attached hydrogens (primary N) is 1. The third-order valence-electron chi connectivity index (χ3n) is 3.73. The number of pyridine rings is 1. The molecule has 2 heterocycles. The number of nitrogens with zero attached hydrogens (tertiary/aromatic N) is 2. The summed E-state index contributed by atoms with van der Waals surface area (Å²) in [5.74, 6) is 1.23. The third kappa shape index (κ3) is 1.95. The fourth-order valence-electron chi connectivity index (χ4n) is 2.46. The molecule has 1 aromatic carbocycles. The largest absolute Gasteiger partial charge is 0.383 e. The van der Waals surface area contributed by atoms with E-state index in [1.807, 2.05) is 29.7 Å². The van der Waals surface area contributed by atoms with Crippen LogP contribution >= 0.6 is 0 Å². The number of hydrogen-bond donors (Lipinski definition) is 1. The van der Waals surface area contributed by atoms with Crippen LogP contribution in [0.15, 0.2) is 42.6 Å². The smallest absolute Gasteiger partial charge is 0.142 e.